The fourth-order valence-corrected chi connectivity index (χ4v) is 2.32. The van der Waals surface area contributed by atoms with Crippen LogP contribution in [0.1, 0.15) is 57.8 Å². The second kappa shape index (κ2) is 5.38. The zero-order valence-electron chi connectivity index (χ0n) is 9.00. The van der Waals surface area contributed by atoms with E-state index in [0.717, 1.165) is 18.9 Å². The van der Waals surface area contributed by atoms with Crippen LogP contribution in [0.25, 0.3) is 0 Å². The van der Waals surface area contributed by atoms with Crippen molar-refractivity contribution < 1.29 is 4.74 Å². The molecule has 1 aliphatic heterocycles. The van der Waals surface area contributed by atoms with Crippen LogP contribution in [-0.2, 0) is 4.74 Å². The first-order chi connectivity index (χ1) is 6.95. The van der Waals surface area contributed by atoms with E-state index in [9.17, 15) is 0 Å². The van der Waals surface area contributed by atoms with Crippen molar-refractivity contribution in [2.45, 2.75) is 63.9 Å². The van der Waals surface area contributed by atoms with Crippen LogP contribution in [0.15, 0.2) is 4.99 Å². The van der Waals surface area contributed by atoms with E-state index in [-0.39, 0.29) is 0 Å². The normalized spacial score (nSPS) is 25.3. The standard InChI is InChI=1S/C12H21NO/c1-3-7-11(8-4-1)14-12-9-5-2-6-10-13-12/h11H,1-10H2. The Morgan fingerprint density at radius 2 is 1.71 bits per heavy atom. The highest BCUT2D eigenvalue weighted by molar-refractivity contribution is 5.76. The lowest BCUT2D eigenvalue weighted by atomic mass is 9.98. The van der Waals surface area contributed by atoms with Gasteiger partial charge in [-0.1, -0.05) is 12.8 Å². The zero-order valence-corrected chi connectivity index (χ0v) is 9.00. The highest BCUT2D eigenvalue weighted by Gasteiger charge is 2.16. The quantitative estimate of drug-likeness (QED) is 0.629. The lowest BCUT2D eigenvalue weighted by Gasteiger charge is -2.23. The van der Waals surface area contributed by atoms with Crippen LogP contribution in [0, 0.1) is 0 Å². The highest BCUT2D eigenvalue weighted by Crippen LogP contribution is 2.21. The van der Waals surface area contributed by atoms with Crippen molar-refractivity contribution in [2.75, 3.05) is 6.54 Å². The van der Waals surface area contributed by atoms with Gasteiger partial charge in [0, 0.05) is 13.0 Å². The van der Waals surface area contributed by atoms with E-state index in [4.69, 9.17) is 4.74 Å². The Labute approximate surface area is 86.8 Å². The van der Waals surface area contributed by atoms with Gasteiger partial charge in [0.1, 0.15) is 6.10 Å². The van der Waals surface area contributed by atoms with E-state index in [0.29, 0.717) is 6.10 Å². The highest BCUT2D eigenvalue weighted by atomic mass is 16.5. The third-order valence-electron chi connectivity index (χ3n) is 3.19. The summed E-state index contributed by atoms with van der Waals surface area (Å²) in [5.41, 5.74) is 0. The molecule has 1 aliphatic carbocycles. The fourth-order valence-electron chi connectivity index (χ4n) is 2.32. The van der Waals surface area contributed by atoms with Crippen LogP contribution in [0.5, 0.6) is 0 Å². The minimum Gasteiger partial charge on any atom is -0.478 e. The Bertz CT molecular complexity index is 194. The van der Waals surface area contributed by atoms with Gasteiger partial charge >= 0.3 is 0 Å². The smallest absolute Gasteiger partial charge is 0.183 e. The molecule has 1 heterocycles. The molecule has 2 aliphatic rings. The summed E-state index contributed by atoms with van der Waals surface area (Å²) in [5, 5.41) is 0. The fraction of sp³-hybridized carbons (Fsp3) is 0.917. The molecule has 0 aromatic heterocycles. The maximum atomic E-state index is 5.96. The van der Waals surface area contributed by atoms with Gasteiger partial charge in [-0.2, -0.15) is 0 Å². The van der Waals surface area contributed by atoms with Gasteiger partial charge in [0.15, 0.2) is 5.90 Å². The second-order valence-corrected chi connectivity index (χ2v) is 4.46. The van der Waals surface area contributed by atoms with E-state index >= 15 is 0 Å². The molecule has 1 fully saturated rings. The van der Waals surface area contributed by atoms with Crippen LogP contribution in [0.2, 0.25) is 0 Å². The first-order valence-electron chi connectivity index (χ1n) is 6.15. The van der Waals surface area contributed by atoms with E-state index in [2.05, 4.69) is 4.99 Å². The van der Waals surface area contributed by atoms with Crippen molar-refractivity contribution in [3.8, 4) is 0 Å². The van der Waals surface area contributed by atoms with Gasteiger partial charge in [-0.05, 0) is 38.5 Å². The molecule has 2 rings (SSSR count). The Morgan fingerprint density at radius 3 is 2.57 bits per heavy atom. The molecule has 0 atom stereocenters. The van der Waals surface area contributed by atoms with E-state index in [1.54, 1.807) is 0 Å². The maximum absolute atomic E-state index is 5.96. The predicted octanol–water partition coefficient (Wildman–Crippen LogP) is 3.31. The third kappa shape index (κ3) is 3.00. The van der Waals surface area contributed by atoms with Gasteiger partial charge in [0.25, 0.3) is 0 Å². The minimum absolute atomic E-state index is 0.487. The largest absolute Gasteiger partial charge is 0.478 e. The lowest BCUT2D eigenvalue weighted by Crippen LogP contribution is -2.20. The summed E-state index contributed by atoms with van der Waals surface area (Å²) in [6.45, 7) is 0.988. The molecule has 2 heteroatoms. The number of hydrogen-bond donors (Lipinski definition) is 0. The lowest BCUT2D eigenvalue weighted by molar-refractivity contribution is 0.138. The molecular formula is C12H21NO. The zero-order chi connectivity index (χ0) is 9.64. The van der Waals surface area contributed by atoms with Crippen molar-refractivity contribution in [1.29, 1.82) is 0 Å². The minimum atomic E-state index is 0.487. The van der Waals surface area contributed by atoms with E-state index < -0.39 is 0 Å². The van der Waals surface area contributed by atoms with Gasteiger partial charge in [-0.15, -0.1) is 0 Å². The SMILES string of the molecule is C1CCN=C(OC2CCCCC2)CC1. The van der Waals surface area contributed by atoms with Gasteiger partial charge in [0.05, 0.1) is 0 Å². The summed E-state index contributed by atoms with van der Waals surface area (Å²) < 4.78 is 5.96. The second-order valence-electron chi connectivity index (χ2n) is 4.46. The molecule has 1 saturated carbocycles. The molecule has 0 N–H and O–H groups in total. The summed E-state index contributed by atoms with van der Waals surface area (Å²) >= 11 is 0. The van der Waals surface area contributed by atoms with Crippen LogP contribution < -0.4 is 0 Å². The van der Waals surface area contributed by atoms with Crippen LogP contribution in [-0.4, -0.2) is 18.5 Å². The first-order valence-corrected chi connectivity index (χ1v) is 6.15. The molecule has 0 amide bonds. The topological polar surface area (TPSA) is 21.6 Å². The van der Waals surface area contributed by atoms with E-state index in [1.165, 1.54) is 51.4 Å². The van der Waals surface area contributed by atoms with Gasteiger partial charge in [-0.25, -0.2) is 0 Å². The summed E-state index contributed by atoms with van der Waals surface area (Å²) in [7, 11) is 0. The average molecular weight is 195 g/mol. The molecule has 0 bridgehead atoms. The van der Waals surface area contributed by atoms with Crippen molar-refractivity contribution in [1.82, 2.24) is 0 Å². The van der Waals surface area contributed by atoms with Crippen molar-refractivity contribution in [3.63, 3.8) is 0 Å². The molecule has 0 spiro atoms. The number of nitrogens with zero attached hydrogens (tertiary/aromatic N) is 1. The van der Waals surface area contributed by atoms with Crippen LogP contribution in [0.4, 0.5) is 0 Å². The van der Waals surface area contributed by atoms with Crippen molar-refractivity contribution in [2.24, 2.45) is 4.99 Å². The third-order valence-corrected chi connectivity index (χ3v) is 3.19. The molecule has 0 unspecified atom stereocenters. The van der Waals surface area contributed by atoms with Gasteiger partial charge < -0.3 is 4.74 Å². The Morgan fingerprint density at radius 1 is 0.929 bits per heavy atom. The number of ether oxygens (including phenoxy) is 1. The number of hydrogen-bond acceptors (Lipinski definition) is 2. The number of aliphatic imine (C=N–C) groups is 1. The van der Waals surface area contributed by atoms with E-state index in [1.807, 2.05) is 0 Å². The summed E-state index contributed by atoms with van der Waals surface area (Å²) in [6, 6.07) is 0. The summed E-state index contributed by atoms with van der Waals surface area (Å²) in [5.74, 6) is 1.05. The molecule has 0 aromatic rings. The van der Waals surface area contributed by atoms with Crippen molar-refractivity contribution in [3.05, 3.63) is 0 Å². The summed E-state index contributed by atoms with van der Waals surface area (Å²) in [4.78, 5) is 4.51. The molecule has 2 nitrogen and oxygen atoms in total. The molecular weight excluding hydrogens is 174 g/mol. The van der Waals surface area contributed by atoms with Gasteiger partial charge in [0.2, 0.25) is 0 Å². The van der Waals surface area contributed by atoms with Crippen molar-refractivity contribution >= 4 is 5.90 Å². The first kappa shape index (κ1) is 10.0. The van der Waals surface area contributed by atoms with Gasteiger partial charge in [-0.3, -0.25) is 4.99 Å². The Balaban J connectivity index is 1.79. The average Bonchev–Trinajstić information content (AvgIpc) is 2.48. The monoisotopic (exact) mass is 195 g/mol. The Kier molecular flexibility index (Phi) is 3.84. The Hall–Kier alpha value is -0.530. The summed E-state index contributed by atoms with van der Waals surface area (Å²) in [6.07, 6.45) is 12.0. The molecule has 0 saturated heterocycles. The predicted molar refractivity (Wildman–Crippen MR) is 58.7 cm³/mol. The number of rotatable bonds is 1. The molecule has 0 radical (unpaired) electrons. The molecule has 14 heavy (non-hydrogen) atoms. The van der Waals surface area contributed by atoms with Crippen LogP contribution in [0.3, 0.4) is 0 Å². The molecule has 80 valence electrons. The maximum Gasteiger partial charge on any atom is 0.183 e. The van der Waals surface area contributed by atoms with Crippen LogP contribution >= 0.6 is 0 Å². The molecule has 0 aromatic carbocycles.